The number of ether oxygens (including phenoxy) is 3. The molecule has 1 atom stereocenters. The molecule has 1 fully saturated rings. The standard InChI is InChI=1S/C19H30FN3O3.HI/c1-2-21-19(23-11-4-13-26-18-9-14-24-15-18)22-10-3-12-25-17-7-5-16(20)6-8-17;/h5-8,18H,2-4,9-15H2,1H3,(H2,21,22,23);1H. The van der Waals surface area contributed by atoms with Gasteiger partial charge in [0.05, 0.1) is 19.3 Å². The zero-order valence-electron chi connectivity index (χ0n) is 15.9. The van der Waals surface area contributed by atoms with E-state index in [9.17, 15) is 4.39 Å². The molecule has 6 nitrogen and oxygen atoms in total. The van der Waals surface area contributed by atoms with Gasteiger partial charge in [-0.2, -0.15) is 0 Å². The van der Waals surface area contributed by atoms with E-state index >= 15 is 0 Å². The number of rotatable bonds is 11. The fourth-order valence-electron chi connectivity index (χ4n) is 2.49. The number of nitrogens with zero attached hydrogens (tertiary/aromatic N) is 1. The van der Waals surface area contributed by atoms with Crippen LogP contribution in [0.1, 0.15) is 26.2 Å². The minimum absolute atomic E-state index is 0. The van der Waals surface area contributed by atoms with Gasteiger partial charge in [0.2, 0.25) is 0 Å². The molecule has 1 aromatic carbocycles. The van der Waals surface area contributed by atoms with Crippen LogP contribution in [0.2, 0.25) is 0 Å². The first-order chi connectivity index (χ1) is 12.8. The molecule has 1 aliphatic rings. The third-order valence-electron chi connectivity index (χ3n) is 3.85. The molecule has 154 valence electrons. The van der Waals surface area contributed by atoms with Crippen molar-refractivity contribution in [3.05, 3.63) is 30.1 Å². The average Bonchev–Trinajstić information content (AvgIpc) is 3.16. The summed E-state index contributed by atoms with van der Waals surface area (Å²) >= 11 is 0. The summed E-state index contributed by atoms with van der Waals surface area (Å²) in [7, 11) is 0. The lowest BCUT2D eigenvalue weighted by Gasteiger charge is -2.13. The predicted molar refractivity (Wildman–Crippen MR) is 116 cm³/mol. The number of guanidine groups is 1. The molecule has 0 radical (unpaired) electrons. The Morgan fingerprint density at radius 3 is 2.74 bits per heavy atom. The van der Waals surface area contributed by atoms with Crippen LogP contribution in [-0.4, -0.2) is 58.1 Å². The molecule has 1 unspecified atom stereocenters. The molecule has 1 aromatic rings. The highest BCUT2D eigenvalue weighted by atomic mass is 127. The number of halogens is 2. The van der Waals surface area contributed by atoms with Crippen LogP contribution in [0.3, 0.4) is 0 Å². The molecule has 2 N–H and O–H groups in total. The molecule has 0 bridgehead atoms. The van der Waals surface area contributed by atoms with Crippen LogP contribution in [0.5, 0.6) is 5.75 Å². The van der Waals surface area contributed by atoms with E-state index in [1.54, 1.807) is 12.1 Å². The van der Waals surface area contributed by atoms with Gasteiger partial charge in [0, 0.05) is 39.3 Å². The van der Waals surface area contributed by atoms with Crippen LogP contribution in [0.4, 0.5) is 4.39 Å². The number of nitrogens with one attached hydrogen (secondary N) is 2. The maximum absolute atomic E-state index is 12.8. The van der Waals surface area contributed by atoms with Crippen molar-refractivity contribution >= 4 is 29.9 Å². The molecule has 2 rings (SSSR count). The highest BCUT2D eigenvalue weighted by Crippen LogP contribution is 2.11. The van der Waals surface area contributed by atoms with Crippen molar-refractivity contribution in [3.63, 3.8) is 0 Å². The normalized spacial score (nSPS) is 16.7. The summed E-state index contributed by atoms with van der Waals surface area (Å²) in [6.07, 6.45) is 2.98. The van der Waals surface area contributed by atoms with Gasteiger partial charge in [-0.1, -0.05) is 0 Å². The second-order valence-corrected chi connectivity index (χ2v) is 6.05. The minimum Gasteiger partial charge on any atom is -0.494 e. The van der Waals surface area contributed by atoms with Crippen LogP contribution in [0.25, 0.3) is 0 Å². The minimum atomic E-state index is -0.259. The summed E-state index contributed by atoms with van der Waals surface area (Å²) in [4.78, 5) is 4.53. The summed E-state index contributed by atoms with van der Waals surface area (Å²) in [6, 6.07) is 6.04. The number of hydrogen-bond acceptors (Lipinski definition) is 4. The Balaban J connectivity index is 0.00000364. The molecule has 0 aromatic heterocycles. The van der Waals surface area contributed by atoms with E-state index in [2.05, 4.69) is 15.6 Å². The van der Waals surface area contributed by atoms with E-state index in [4.69, 9.17) is 14.2 Å². The quantitative estimate of drug-likeness (QED) is 0.214. The highest BCUT2D eigenvalue weighted by Gasteiger charge is 2.15. The van der Waals surface area contributed by atoms with E-state index in [-0.39, 0.29) is 35.9 Å². The Kier molecular flexibility index (Phi) is 13.2. The van der Waals surface area contributed by atoms with Crippen LogP contribution < -0.4 is 15.4 Å². The van der Waals surface area contributed by atoms with Crippen molar-refractivity contribution in [2.75, 3.05) is 46.1 Å². The van der Waals surface area contributed by atoms with E-state index in [1.807, 2.05) is 6.92 Å². The molecule has 1 heterocycles. The van der Waals surface area contributed by atoms with E-state index in [0.29, 0.717) is 18.9 Å². The van der Waals surface area contributed by atoms with E-state index in [1.165, 1.54) is 12.1 Å². The van der Waals surface area contributed by atoms with Crippen molar-refractivity contribution in [1.82, 2.24) is 10.6 Å². The summed E-state index contributed by atoms with van der Waals surface area (Å²) in [6.45, 7) is 7.13. The van der Waals surface area contributed by atoms with Crippen LogP contribution in [0.15, 0.2) is 29.3 Å². The van der Waals surface area contributed by atoms with Gasteiger partial charge < -0.3 is 24.8 Å². The van der Waals surface area contributed by atoms with Crippen molar-refractivity contribution in [3.8, 4) is 5.75 Å². The van der Waals surface area contributed by atoms with Gasteiger partial charge in [-0.25, -0.2) is 4.39 Å². The average molecular weight is 495 g/mol. The predicted octanol–water partition coefficient (Wildman–Crippen LogP) is 2.96. The molecule has 0 aliphatic carbocycles. The Morgan fingerprint density at radius 1 is 1.22 bits per heavy atom. The first kappa shape index (κ1) is 23.9. The number of benzene rings is 1. The summed E-state index contributed by atoms with van der Waals surface area (Å²) in [5.41, 5.74) is 0. The largest absolute Gasteiger partial charge is 0.494 e. The molecule has 0 amide bonds. The van der Waals surface area contributed by atoms with Gasteiger partial charge >= 0.3 is 0 Å². The summed E-state index contributed by atoms with van der Waals surface area (Å²) in [5, 5.41) is 6.53. The SMILES string of the molecule is CCNC(=NCCCOc1ccc(F)cc1)NCCCOC1CCOC1.I. The Hall–Kier alpha value is -1.13. The zero-order valence-corrected chi connectivity index (χ0v) is 18.2. The Labute approximate surface area is 178 Å². The maximum Gasteiger partial charge on any atom is 0.191 e. The second-order valence-electron chi connectivity index (χ2n) is 6.05. The van der Waals surface area contributed by atoms with Gasteiger partial charge in [0.25, 0.3) is 0 Å². The molecule has 1 aliphatic heterocycles. The van der Waals surface area contributed by atoms with Gasteiger partial charge in [0.15, 0.2) is 5.96 Å². The zero-order chi connectivity index (χ0) is 18.5. The van der Waals surface area contributed by atoms with Crippen molar-refractivity contribution in [2.24, 2.45) is 4.99 Å². The van der Waals surface area contributed by atoms with Crippen molar-refractivity contribution in [2.45, 2.75) is 32.3 Å². The molecule has 8 heteroatoms. The number of aliphatic imine (C=N–C) groups is 1. The molecular weight excluding hydrogens is 464 g/mol. The van der Waals surface area contributed by atoms with E-state index < -0.39 is 0 Å². The Morgan fingerprint density at radius 2 is 2.04 bits per heavy atom. The van der Waals surface area contributed by atoms with Gasteiger partial charge in [-0.3, -0.25) is 4.99 Å². The molecule has 1 saturated heterocycles. The van der Waals surface area contributed by atoms with Gasteiger partial charge in [-0.15, -0.1) is 24.0 Å². The third kappa shape index (κ3) is 10.7. The molecular formula is C19H31FIN3O3. The lowest BCUT2D eigenvalue weighted by Crippen LogP contribution is -2.38. The van der Waals surface area contributed by atoms with Crippen LogP contribution >= 0.6 is 24.0 Å². The third-order valence-corrected chi connectivity index (χ3v) is 3.85. The van der Waals surface area contributed by atoms with Gasteiger partial charge in [-0.05, 0) is 44.0 Å². The molecule has 0 spiro atoms. The lowest BCUT2D eigenvalue weighted by atomic mass is 10.3. The van der Waals surface area contributed by atoms with Crippen LogP contribution in [0, 0.1) is 5.82 Å². The topological polar surface area (TPSA) is 64.1 Å². The van der Waals surface area contributed by atoms with E-state index in [0.717, 1.165) is 58.1 Å². The lowest BCUT2D eigenvalue weighted by molar-refractivity contribution is 0.0420. The van der Waals surface area contributed by atoms with Crippen molar-refractivity contribution in [1.29, 1.82) is 0 Å². The molecule has 27 heavy (non-hydrogen) atoms. The Bertz CT molecular complexity index is 525. The molecule has 0 saturated carbocycles. The fourth-order valence-corrected chi connectivity index (χ4v) is 2.49. The summed E-state index contributed by atoms with van der Waals surface area (Å²) in [5.74, 6) is 1.22. The van der Waals surface area contributed by atoms with Crippen LogP contribution in [-0.2, 0) is 9.47 Å². The second kappa shape index (κ2) is 14.9. The fraction of sp³-hybridized carbons (Fsp3) is 0.632. The summed E-state index contributed by atoms with van der Waals surface area (Å²) < 4.78 is 29.4. The first-order valence-electron chi connectivity index (χ1n) is 9.38. The first-order valence-corrected chi connectivity index (χ1v) is 9.38. The maximum atomic E-state index is 12.8. The van der Waals surface area contributed by atoms with Gasteiger partial charge in [0.1, 0.15) is 11.6 Å². The monoisotopic (exact) mass is 495 g/mol. The van der Waals surface area contributed by atoms with Crippen molar-refractivity contribution < 1.29 is 18.6 Å². The highest BCUT2D eigenvalue weighted by molar-refractivity contribution is 14.0. The number of hydrogen-bond donors (Lipinski definition) is 2. The smallest absolute Gasteiger partial charge is 0.191 e.